The fraction of sp³-hybridized carbons (Fsp3) is 0.250. The summed E-state index contributed by atoms with van der Waals surface area (Å²) in [6.45, 7) is 4.13. The Morgan fingerprint density at radius 1 is 0.625 bits per heavy atom. The van der Waals surface area contributed by atoms with Gasteiger partial charge in [-0.1, -0.05) is 60.4 Å². The summed E-state index contributed by atoms with van der Waals surface area (Å²) in [5.74, 6) is 6.50. The molecule has 0 heteroatoms. The van der Waals surface area contributed by atoms with Crippen molar-refractivity contribution < 1.29 is 0 Å². The number of aryl methyl sites for hydroxylation is 2. The van der Waals surface area contributed by atoms with Crippen molar-refractivity contribution in [3.63, 3.8) is 0 Å². The number of hydrogen-bond donors (Lipinski definition) is 0. The maximum Gasteiger partial charge on any atom is 0.0249 e. The maximum atomic E-state index is 3.25. The summed E-state index contributed by atoms with van der Waals surface area (Å²) in [6.07, 6.45) is 13.0. The van der Waals surface area contributed by atoms with E-state index in [2.05, 4.69) is 98.5 Å². The molecule has 0 aliphatic heterocycles. The smallest absolute Gasteiger partial charge is 0.0249 e. The van der Waals surface area contributed by atoms with Gasteiger partial charge < -0.3 is 0 Å². The first-order chi connectivity index (χ1) is 11.8. The van der Waals surface area contributed by atoms with Crippen LogP contribution in [0.1, 0.15) is 48.9 Å². The molecule has 0 aliphatic rings. The van der Waals surface area contributed by atoms with Gasteiger partial charge in [-0.05, 0) is 74.9 Å². The zero-order chi connectivity index (χ0) is 17.0. The average molecular weight is 314 g/mol. The van der Waals surface area contributed by atoms with Crippen LogP contribution in [0.15, 0.2) is 72.8 Å². The molecule has 0 saturated carbocycles. The van der Waals surface area contributed by atoms with Crippen molar-refractivity contribution in [1.29, 1.82) is 0 Å². The van der Waals surface area contributed by atoms with Crippen molar-refractivity contribution in [2.75, 3.05) is 0 Å². The molecule has 2 aromatic rings. The summed E-state index contributed by atoms with van der Waals surface area (Å²) in [5.41, 5.74) is 4.87. The van der Waals surface area contributed by atoms with Crippen molar-refractivity contribution in [3.05, 3.63) is 95.1 Å². The van der Waals surface area contributed by atoms with E-state index in [9.17, 15) is 0 Å². The lowest BCUT2D eigenvalue weighted by Crippen LogP contribution is -1.85. The van der Waals surface area contributed by atoms with Crippen LogP contribution in [-0.4, -0.2) is 0 Å². The van der Waals surface area contributed by atoms with E-state index in [0.29, 0.717) is 0 Å². The summed E-state index contributed by atoms with van der Waals surface area (Å²) in [5, 5.41) is 0. The SMILES string of the molecule is CC=CCCc1ccc(C#Cc2ccc(CCC=CC)cc2)cc1. The van der Waals surface area contributed by atoms with Gasteiger partial charge in [0.05, 0.1) is 0 Å². The molecule has 0 bridgehead atoms. The largest absolute Gasteiger partial charge is 0.0917 e. The van der Waals surface area contributed by atoms with Gasteiger partial charge in [-0.3, -0.25) is 0 Å². The van der Waals surface area contributed by atoms with Gasteiger partial charge in [0.1, 0.15) is 0 Å². The molecule has 122 valence electrons. The predicted molar refractivity (Wildman–Crippen MR) is 105 cm³/mol. The second kappa shape index (κ2) is 10.3. The van der Waals surface area contributed by atoms with Crippen molar-refractivity contribution in [1.82, 2.24) is 0 Å². The Hall–Kier alpha value is -2.52. The summed E-state index contributed by atoms with van der Waals surface area (Å²) >= 11 is 0. The highest BCUT2D eigenvalue weighted by molar-refractivity contribution is 5.44. The fourth-order valence-corrected chi connectivity index (χ4v) is 2.49. The van der Waals surface area contributed by atoms with E-state index in [1.807, 2.05) is 0 Å². The Balaban J connectivity index is 1.94. The first-order valence-corrected chi connectivity index (χ1v) is 8.74. The third-order valence-corrected chi connectivity index (χ3v) is 3.93. The first-order valence-electron chi connectivity index (χ1n) is 8.74. The van der Waals surface area contributed by atoms with Gasteiger partial charge >= 0.3 is 0 Å². The van der Waals surface area contributed by atoms with E-state index in [-0.39, 0.29) is 0 Å². The van der Waals surface area contributed by atoms with Crippen LogP contribution in [0.3, 0.4) is 0 Å². The molecule has 0 N–H and O–H groups in total. The van der Waals surface area contributed by atoms with Crippen molar-refractivity contribution in [2.45, 2.75) is 39.5 Å². The third-order valence-electron chi connectivity index (χ3n) is 3.93. The van der Waals surface area contributed by atoms with Crippen molar-refractivity contribution >= 4 is 0 Å². The minimum atomic E-state index is 1.07. The van der Waals surface area contributed by atoms with E-state index in [0.717, 1.165) is 36.8 Å². The van der Waals surface area contributed by atoms with Crippen LogP contribution in [0, 0.1) is 11.8 Å². The summed E-state index contributed by atoms with van der Waals surface area (Å²) in [6, 6.07) is 17.2. The highest BCUT2D eigenvalue weighted by Gasteiger charge is 1.93. The lowest BCUT2D eigenvalue weighted by Gasteiger charge is -1.99. The molecule has 0 spiro atoms. The zero-order valence-electron chi connectivity index (χ0n) is 14.8. The van der Waals surface area contributed by atoms with Gasteiger partial charge in [-0.15, -0.1) is 0 Å². The number of allylic oxidation sites excluding steroid dienone is 4. The lowest BCUT2D eigenvalue weighted by atomic mass is 10.1. The van der Waals surface area contributed by atoms with Crippen LogP contribution in [0.4, 0.5) is 0 Å². The minimum Gasteiger partial charge on any atom is -0.0917 e. The van der Waals surface area contributed by atoms with E-state index >= 15 is 0 Å². The van der Waals surface area contributed by atoms with E-state index < -0.39 is 0 Å². The molecule has 0 atom stereocenters. The predicted octanol–water partition coefficient (Wildman–Crippen LogP) is 6.10. The Morgan fingerprint density at radius 2 is 1.00 bits per heavy atom. The molecule has 0 fully saturated rings. The van der Waals surface area contributed by atoms with Gasteiger partial charge in [0.2, 0.25) is 0 Å². The maximum absolute atomic E-state index is 3.25. The molecule has 0 nitrogen and oxygen atoms in total. The normalized spacial score (nSPS) is 10.9. The van der Waals surface area contributed by atoms with Crippen molar-refractivity contribution in [3.8, 4) is 11.8 Å². The Morgan fingerprint density at radius 3 is 1.33 bits per heavy atom. The minimum absolute atomic E-state index is 1.07. The number of rotatable bonds is 6. The van der Waals surface area contributed by atoms with Crippen LogP contribution >= 0.6 is 0 Å². The van der Waals surface area contributed by atoms with E-state index in [4.69, 9.17) is 0 Å². The summed E-state index contributed by atoms with van der Waals surface area (Å²) in [4.78, 5) is 0. The lowest BCUT2D eigenvalue weighted by molar-refractivity contribution is 0.999. The third kappa shape index (κ3) is 6.31. The van der Waals surface area contributed by atoms with E-state index in [1.54, 1.807) is 0 Å². The van der Waals surface area contributed by atoms with Gasteiger partial charge in [-0.25, -0.2) is 0 Å². The van der Waals surface area contributed by atoms with Crippen molar-refractivity contribution in [2.24, 2.45) is 0 Å². The second-order valence-electron chi connectivity index (χ2n) is 5.86. The molecule has 0 radical (unpaired) electrons. The molecule has 0 unspecified atom stereocenters. The molecule has 24 heavy (non-hydrogen) atoms. The Labute approximate surface area is 146 Å². The van der Waals surface area contributed by atoms with Gasteiger partial charge in [0.25, 0.3) is 0 Å². The highest BCUT2D eigenvalue weighted by Crippen LogP contribution is 2.08. The molecule has 0 saturated heterocycles. The molecular weight excluding hydrogens is 288 g/mol. The Bertz CT molecular complexity index is 653. The summed E-state index contributed by atoms with van der Waals surface area (Å²) in [7, 11) is 0. The molecule has 0 aromatic heterocycles. The molecule has 0 heterocycles. The fourth-order valence-electron chi connectivity index (χ4n) is 2.49. The van der Waals surface area contributed by atoms with Gasteiger partial charge in [0.15, 0.2) is 0 Å². The highest BCUT2D eigenvalue weighted by atomic mass is 14.0. The number of hydrogen-bond acceptors (Lipinski definition) is 0. The number of benzene rings is 2. The zero-order valence-corrected chi connectivity index (χ0v) is 14.8. The molecule has 0 amide bonds. The van der Waals surface area contributed by atoms with E-state index in [1.165, 1.54) is 11.1 Å². The summed E-state index contributed by atoms with van der Waals surface area (Å²) < 4.78 is 0. The van der Waals surface area contributed by atoms with Gasteiger partial charge in [0, 0.05) is 11.1 Å². The van der Waals surface area contributed by atoms with Crippen LogP contribution in [0.25, 0.3) is 0 Å². The average Bonchev–Trinajstić information content (AvgIpc) is 2.63. The first kappa shape index (κ1) is 17.8. The molecular formula is C24H26. The van der Waals surface area contributed by atoms with Crippen LogP contribution in [0.2, 0.25) is 0 Å². The van der Waals surface area contributed by atoms with Crippen LogP contribution < -0.4 is 0 Å². The molecule has 2 aromatic carbocycles. The van der Waals surface area contributed by atoms with Gasteiger partial charge in [-0.2, -0.15) is 0 Å². The topological polar surface area (TPSA) is 0 Å². The molecule has 0 aliphatic carbocycles. The standard InChI is InChI=1S/C24H26/c1-3-5-7-9-21-11-15-23(16-12-21)19-20-24-17-13-22(14-18-24)10-8-6-4-2/h3-6,11-18H,7-10H2,1-2H3. The Kier molecular flexibility index (Phi) is 7.64. The quantitative estimate of drug-likeness (QED) is 0.446. The van der Waals surface area contributed by atoms with Crippen LogP contribution in [0.5, 0.6) is 0 Å². The monoisotopic (exact) mass is 314 g/mol. The second-order valence-corrected chi connectivity index (χ2v) is 5.86. The van der Waals surface area contributed by atoms with Crippen LogP contribution in [-0.2, 0) is 12.8 Å². The molecule has 2 rings (SSSR count).